The Labute approximate surface area is 180 Å². The maximum absolute atomic E-state index is 13.2. The molecular weight excluding hydrogens is 397 g/mol. The van der Waals surface area contributed by atoms with Gasteiger partial charge in [0.1, 0.15) is 17.4 Å². The van der Waals surface area contributed by atoms with Gasteiger partial charge in [-0.3, -0.25) is 9.69 Å². The zero-order valence-corrected chi connectivity index (χ0v) is 17.7. The molecule has 1 amide bonds. The molecule has 1 aliphatic heterocycles. The number of hydrogen-bond acceptors (Lipinski definition) is 5. The number of ether oxygens (including phenoxy) is 1. The van der Waals surface area contributed by atoms with Crippen molar-refractivity contribution in [1.29, 1.82) is 0 Å². The van der Waals surface area contributed by atoms with Crippen LogP contribution in [0, 0.1) is 12.7 Å². The van der Waals surface area contributed by atoms with Gasteiger partial charge in [0.2, 0.25) is 5.82 Å². The SMILES string of the molecule is COc1ccccc1[C@H](CNC(=O)c1nc(C)n(-c2ccc(F)cc2)n1)N1CCCC1. The lowest BCUT2D eigenvalue weighted by atomic mass is 10.0. The highest BCUT2D eigenvalue weighted by Crippen LogP contribution is 2.31. The van der Waals surface area contributed by atoms with Gasteiger partial charge in [-0.15, -0.1) is 5.10 Å². The quantitative estimate of drug-likeness (QED) is 0.631. The first kappa shape index (κ1) is 21.0. The maximum Gasteiger partial charge on any atom is 0.291 e. The number of nitrogens with zero attached hydrogens (tertiary/aromatic N) is 4. The number of benzene rings is 2. The summed E-state index contributed by atoms with van der Waals surface area (Å²) in [6.07, 6.45) is 2.28. The average molecular weight is 423 g/mol. The van der Waals surface area contributed by atoms with Crippen LogP contribution in [0.25, 0.3) is 5.69 Å². The number of para-hydroxylation sites is 1. The Morgan fingerprint density at radius 3 is 2.58 bits per heavy atom. The highest BCUT2D eigenvalue weighted by molar-refractivity contribution is 5.90. The number of rotatable bonds is 7. The molecule has 1 aliphatic rings. The normalized spacial score (nSPS) is 15.1. The standard InChI is InChI=1S/C23H26FN5O2/c1-16-26-22(27-29(16)18-11-9-17(24)10-12-18)23(30)25-15-20(28-13-5-6-14-28)19-7-3-4-8-21(19)31-2/h3-4,7-12,20H,5-6,13-15H2,1-2H3,(H,25,30)/t20-/m0/s1. The molecule has 2 aromatic carbocycles. The van der Waals surface area contributed by atoms with Crippen molar-refractivity contribution >= 4 is 5.91 Å². The first-order valence-corrected chi connectivity index (χ1v) is 10.4. The maximum atomic E-state index is 13.2. The summed E-state index contributed by atoms with van der Waals surface area (Å²) in [5.41, 5.74) is 1.70. The Kier molecular flexibility index (Phi) is 6.27. The van der Waals surface area contributed by atoms with E-state index in [9.17, 15) is 9.18 Å². The smallest absolute Gasteiger partial charge is 0.291 e. The molecule has 1 saturated heterocycles. The third-order valence-corrected chi connectivity index (χ3v) is 5.58. The van der Waals surface area contributed by atoms with E-state index in [1.54, 1.807) is 26.2 Å². The summed E-state index contributed by atoms with van der Waals surface area (Å²) in [5, 5.41) is 7.32. The molecular formula is C23H26FN5O2. The van der Waals surface area contributed by atoms with Crippen LogP contribution >= 0.6 is 0 Å². The van der Waals surface area contributed by atoms with Gasteiger partial charge in [0.25, 0.3) is 5.91 Å². The van der Waals surface area contributed by atoms with Crippen molar-refractivity contribution in [3.8, 4) is 11.4 Å². The van der Waals surface area contributed by atoms with E-state index in [-0.39, 0.29) is 23.6 Å². The van der Waals surface area contributed by atoms with Crippen LogP contribution in [0.1, 0.15) is 40.9 Å². The summed E-state index contributed by atoms with van der Waals surface area (Å²) >= 11 is 0. The topological polar surface area (TPSA) is 72.3 Å². The first-order valence-electron chi connectivity index (χ1n) is 10.4. The Balaban J connectivity index is 1.52. The van der Waals surface area contributed by atoms with Gasteiger partial charge in [0, 0.05) is 12.1 Å². The second-order valence-corrected chi connectivity index (χ2v) is 7.58. The number of aryl methyl sites for hydroxylation is 1. The van der Waals surface area contributed by atoms with E-state index in [1.165, 1.54) is 16.8 Å². The molecule has 1 fully saturated rings. The number of aromatic nitrogens is 3. The number of carbonyl (C=O) groups is 1. The molecule has 1 aromatic heterocycles. The number of carbonyl (C=O) groups excluding carboxylic acids is 1. The molecule has 2 heterocycles. The van der Waals surface area contributed by atoms with Crippen molar-refractivity contribution in [2.75, 3.05) is 26.7 Å². The minimum Gasteiger partial charge on any atom is -0.496 e. The van der Waals surface area contributed by atoms with Gasteiger partial charge in [0.15, 0.2) is 0 Å². The number of nitrogens with one attached hydrogen (secondary N) is 1. The molecule has 0 spiro atoms. The molecule has 1 atom stereocenters. The number of methoxy groups -OCH3 is 1. The van der Waals surface area contributed by atoms with Gasteiger partial charge in [-0.05, 0) is 63.2 Å². The molecule has 31 heavy (non-hydrogen) atoms. The van der Waals surface area contributed by atoms with E-state index in [0.29, 0.717) is 18.1 Å². The second-order valence-electron chi connectivity index (χ2n) is 7.58. The van der Waals surface area contributed by atoms with E-state index in [1.807, 2.05) is 24.3 Å². The summed E-state index contributed by atoms with van der Waals surface area (Å²) in [6.45, 7) is 4.14. The van der Waals surface area contributed by atoms with Crippen LogP contribution in [-0.4, -0.2) is 52.3 Å². The van der Waals surface area contributed by atoms with Crippen LogP contribution in [0.15, 0.2) is 48.5 Å². The Bertz CT molecular complexity index is 1040. The summed E-state index contributed by atoms with van der Waals surface area (Å²) < 4.78 is 20.3. The van der Waals surface area contributed by atoms with Crippen LogP contribution in [0.2, 0.25) is 0 Å². The number of hydrogen-bond donors (Lipinski definition) is 1. The van der Waals surface area contributed by atoms with Crippen molar-refractivity contribution in [2.45, 2.75) is 25.8 Å². The molecule has 1 N–H and O–H groups in total. The molecule has 4 rings (SSSR count). The fourth-order valence-corrected chi connectivity index (χ4v) is 4.01. The highest BCUT2D eigenvalue weighted by atomic mass is 19.1. The number of likely N-dealkylation sites (tertiary alicyclic amines) is 1. The zero-order chi connectivity index (χ0) is 21.8. The summed E-state index contributed by atoms with van der Waals surface area (Å²) in [7, 11) is 1.66. The Hall–Kier alpha value is -3.26. The average Bonchev–Trinajstić information content (AvgIpc) is 3.45. The van der Waals surface area contributed by atoms with Crippen molar-refractivity contribution < 1.29 is 13.9 Å². The van der Waals surface area contributed by atoms with Crippen LogP contribution < -0.4 is 10.1 Å². The monoisotopic (exact) mass is 423 g/mol. The third-order valence-electron chi connectivity index (χ3n) is 5.58. The molecule has 162 valence electrons. The predicted molar refractivity (Wildman–Crippen MR) is 115 cm³/mol. The number of amides is 1. The van der Waals surface area contributed by atoms with Crippen LogP contribution in [0.4, 0.5) is 4.39 Å². The molecule has 3 aromatic rings. The Morgan fingerprint density at radius 1 is 1.16 bits per heavy atom. The molecule has 0 radical (unpaired) electrons. The van der Waals surface area contributed by atoms with Crippen LogP contribution in [0.3, 0.4) is 0 Å². The lowest BCUT2D eigenvalue weighted by molar-refractivity contribution is 0.0927. The highest BCUT2D eigenvalue weighted by Gasteiger charge is 2.27. The Morgan fingerprint density at radius 2 is 1.87 bits per heavy atom. The molecule has 8 heteroatoms. The lowest BCUT2D eigenvalue weighted by Crippen LogP contribution is -2.37. The van der Waals surface area contributed by atoms with E-state index in [4.69, 9.17) is 4.74 Å². The minimum absolute atomic E-state index is 0.00267. The summed E-state index contributed by atoms with van der Waals surface area (Å²) in [4.78, 5) is 19.5. The zero-order valence-electron chi connectivity index (χ0n) is 17.7. The van der Waals surface area contributed by atoms with Crippen LogP contribution in [-0.2, 0) is 0 Å². The van der Waals surface area contributed by atoms with E-state index < -0.39 is 0 Å². The van der Waals surface area contributed by atoms with Gasteiger partial charge in [0.05, 0.1) is 18.8 Å². The van der Waals surface area contributed by atoms with Gasteiger partial charge >= 0.3 is 0 Å². The predicted octanol–water partition coefficient (Wildman–Crippen LogP) is 3.29. The fourth-order valence-electron chi connectivity index (χ4n) is 4.01. The van der Waals surface area contributed by atoms with Crippen LogP contribution in [0.5, 0.6) is 5.75 Å². The fraction of sp³-hybridized carbons (Fsp3) is 0.348. The lowest BCUT2D eigenvalue weighted by Gasteiger charge is -2.29. The molecule has 0 bridgehead atoms. The van der Waals surface area contributed by atoms with Crippen molar-refractivity contribution in [3.63, 3.8) is 0 Å². The molecule has 0 aliphatic carbocycles. The summed E-state index contributed by atoms with van der Waals surface area (Å²) in [6, 6.07) is 13.8. The van der Waals surface area contributed by atoms with E-state index in [0.717, 1.165) is 37.2 Å². The first-order chi connectivity index (χ1) is 15.1. The van der Waals surface area contributed by atoms with Gasteiger partial charge in [-0.25, -0.2) is 14.1 Å². The van der Waals surface area contributed by atoms with Crippen molar-refractivity contribution in [1.82, 2.24) is 25.0 Å². The van der Waals surface area contributed by atoms with Crippen molar-refractivity contribution in [3.05, 3.63) is 71.6 Å². The minimum atomic E-state index is -0.344. The van der Waals surface area contributed by atoms with Crippen molar-refractivity contribution in [2.24, 2.45) is 0 Å². The third kappa shape index (κ3) is 4.59. The van der Waals surface area contributed by atoms with Gasteiger partial charge in [-0.2, -0.15) is 0 Å². The summed E-state index contributed by atoms with van der Waals surface area (Å²) in [5.74, 6) is 0.773. The second kappa shape index (κ2) is 9.26. The molecule has 0 unspecified atom stereocenters. The van der Waals surface area contributed by atoms with Gasteiger partial charge in [-0.1, -0.05) is 18.2 Å². The largest absolute Gasteiger partial charge is 0.496 e. The number of halogens is 1. The molecule has 7 nitrogen and oxygen atoms in total. The van der Waals surface area contributed by atoms with E-state index in [2.05, 4.69) is 20.3 Å². The molecule has 0 saturated carbocycles. The van der Waals surface area contributed by atoms with E-state index >= 15 is 0 Å². The van der Waals surface area contributed by atoms with Gasteiger partial charge < -0.3 is 10.1 Å².